The molecule has 0 aromatic heterocycles. The highest BCUT2D eigenvalue weighted by atomic mass is 127. The van der Waals surface area contributed by atoms with Gasteiger partial charge < -0.3 is 10.2 Å². The summed E-state index contributed by atoms with van der Waals surface area (Å²) in [5, 5.41) is 20.1. The quantitative estimate of drug-likeness (QED) is 0.288. The van der Waals surface area contributed by atoms with Crippen LogP contribution in [0.2, 0.25) is 0 Å². The molecule has 0 radical (unpaired) electrons. The second kappa shape index (κ2) is 10.3. The Balaban J connectivity index is 2.79. The summed E-state index contributed by atoms with van der Waals surface area (Å²) in [7, 11) is 0. The number of hydrogen-bond donors (Lipinski definition) is 2. The molecule has 0 amide bonds. The molecule has 0 saturated carbocycles. The van der Waals surface area contributed by atoms with Gasteiger partial charge in [-0.25, -0.2) is 0 Å². The molecule has 0 aliphatic heterocycles. The molecular weight excluding hydrogens is 375 g/mol. The standard InChI is InChI=1S/C18H29IO2/c1-3-5-7-9-11-14-15(12-10-8-6-4-2)18(21)17(20)13-16(14)19/h13,20-21H,3-12H2,1-2H3. The minimum Gasteiger partial charge on any atom is -0.504 e. The number of hydrogen-bond acceptors (Lipinski definition) is 2. The predicted octanol–water partition coefficient (Wildman–Crippen LogP) is 5.95. The van der Waals surface area contributed by atoms with Gasteiger partial charge in [0, 0.05) is 9.13 Å². The van der Waals surface area contributed by atoms with E-state index < -0.39 is 0 Å². The van der Waals surface area contributed by atoms with E-state index in [0.29, 0.717) is 0 Å². The second-order valence-electron chi connectivity index (χ2n) is 5.80. The van der Waals surface area contributed by atoms with E-state index in [0.717, 1.165) is 34.8 Å². The molecular formula is C18H29IO2. The lowest BCUT2D eigenvalue weighted by Crippen LogP contribution is -2.00. The van der Waals surface area contributed by atoms with Crippen molar-refractivity contribution < 1.29 is 10.2 Å². The Labute approximate surface area is 143 Å². The summed E-state index contributed by atoms with van der Waals surface area (Å²) in [6.07, 6.45) is 11.5. The highest BCUT2D eigenvalue weighted by Gasteiger charge is 2.15. The van der Waals surface area contributed by atoms with Crippen LogP contribution in [0, 0.1) is 3.57 Å². The van der Waals surface area contributed by atoms with Crippen molar-refractivity contribution in [2.24, 2.45) is 0 Å². The highest BCUT2D eigenvalue weighted by Crippen LogP contribution is 2.36. The first-order valence-electron chi connectivity index (χ1n) is 8.33. The molecule has 2 nitrogen and oxygen atoms in total. The molecule has 2 N–H and O–H groups in total. The molecule has 0 spiro atoms. The number of benzene rings is 1. The topological polar surface area (TPSA) is 40.5 Å². The Bertz CT molecular complexity index is 430. The molecule has 0 unspecified atom stereocenters. The number of phenolic OH excluding ortho intramolecular Hbond substituents is 2. The SMILES string of the molecule is CCCCCCc1c(I)cc(O)c(O)c1CCCCCC. The van der Waals surface area contributed by atoms with Crippen LogP contribution in [0.3, 0.4) is 0 Å². The molecule has 3 heteroatoms. The van der Waals surface area contributed by atoms with Crippen LogP contribution in [0.25, 0.3) is 0 Å². The maximum Gasteiger partial charge on any atom is 0.161 e. The summed E-state index contributed by atoms with van der Waals surface area (Å²) in [4.78, 5) is 0. The van der Waals surface area contributed by atoms with Crippen molar-refractivity contribution in [3.05, 3.63) is 20.8 Å². The van der Waals surface area contributed by atoms with Crippen molar-refractivity contribution >= 4 is 22.6 Å². The summed E-state index contributed by atoms with van der Waals surface area (Å²) < 4.78 is 1.09. The number of rotatable bonds is 10. The fourth-order valence-corrected chi connectivity index (χ4v) is 3.60. The molecule has 0 saturated heterocycles. The van der Waals surface area contributed by atoms with E-state index in [4.69, 9.17) is 0 Å². The van der Waals surface area contributed by atoms with Gasteiger partial charge in [-0.3, -0.25) is 0 Å². The molecule has 0 fully saturated rings. The average Bonchev–Trinajstić information content (AvgIpc) is 2.46. The molecule has 0 heterocycles. The highest BCUT2D eigenvalue weighted by molar-refractivity contribution is 14.1. The maximum atomic E-state index is 10.2. The lowest BCUT2D eigenvalue weighted by Gasteiger charge is -2.15. The van der Waals surface area contributed by atoms with Crippen molar-refractivity contribution in [1.29, 1.82) is 0 Å². The molecule has 1 aromatic rings. The Morgan fingerprint density at radius 3 is 1.86 bits per heavy atom. The number of halogens is 1. The van der Waals surface area contributed by atoms with Crippen molar-refractivity contribution in [3.63, 3.8) is 0 Å². The van der Waals surface area contributed by atoms with Gasteiger partial charge in [-0.15, -0.1) is 0 Å². The summed E-state index contributed by atoms with van der Waals surface area (Å²) in [6, 6.07) is 1.70. The van der Waals surface area contributed by atoms with Crippen LogP contribution in [0.5, 0.6) is 11.5 Å². The minimum atomic E-state index is 0.0298. The van der Waals surface area contributed by atoms with Crippen molar-refractivity contribution in [1.82, 2.24) is 0 Å². The zero-order valence-electron chi connectivity index (χ0n) is 13.4. The van der Waals surface area contributed by atoms with Crippen LogP contribution >= 0.6 is 22.6 Å². The van der Waals surface area contributed by atoms with Crippen LogP contribution in [0.15, 0.2) is 6.07 Å². The van der Waals surface area contributed by atoms with E-state index in [2.05, 4.69) is 36.4 Å². The van der Waals surface area contributed by atoms with Gasteiger partial charge in [-0.1, -0.05) is 52.4 Å². The molecule has 120 valence electrons. The third kappa shape index (κ3) is 6.05. The third-order valence-electron chi connectivity index (χ3n) is 4.01. The Morgan fingerprint density at radius 2 is 1.33 bits per heavy atom. The summed E-state index contributed by atoms with van der Waals surface area (Å²) in [5.41, 5.74) is 2.23. The summed E-state index contributed by atoms with van der Waals surface area (Å²) in [6.45, 7) is 4.42. The zero-order valence-corrected chi connectivity index (χ0v) is 15.6. The molecule has 1 aromatic carbocycles. The molecule has 21 heavy (non-hydrogen) atoms. The molecule has 0 aliphatic carbocycles. The number of unbranched alkanes of at least 4 members (excludes halogenated alkanes) is 6. The van der Waals surface area contributed by atoms with E-state index in [9.17, 15) is 10.2 Å². The van der Waals surface area contributed by atoms with Gasteiger partial charge in [0.1, 0.15) is 0 Å². The maximum absolute atomic E-state index is 10.2. The first-order valence-corrected chi connectivity index (χ1v) is 9.41. The van der Waals surface area contributed by atoms with Crippen molar-refractivity contribution in [3.8, 4) is 11.5 Å². The van der Waals surface area contributed by atoms with Gasteiger partial charge >= 0.3 is 0 Å². The summed E-state index contributed by atoms with van der Waals surface area (Å²) in [5.74, 6) is 0.139. The zero-order chi connectivity index (χ0) is 15.7. The van der Waals surface area contributed by atoms with Crippen LogP contribution in [-0.2, 0) is 12.8 Å². The van der Waals surface area contributed by atoms with Crippen molar-refractivity contribution in [2.45, 2.75) is 78.1 Å². The van der Waals surface area contributed by atoms with E-state index in [-0.39, 0.29) is 11.5 Å². The Hall–Kier alpha value is -0.450. The molecule has 0 bridgehead atoms. The number of aromatic hydroxyl groups is 2. The van der Waals surface area contributed by atoms with E-state index >= 15 is 0 Å². The molecule has 1 rings (SSSR count). The lowest BCUT2D eigenvalue weighted by molar-refractivity contribution is 0.397. The van der Waals surface area contributed by atoms with Crippen LogP contribution in [-0.4, -0.2) is 10.2 Å². The third-order valence-corrected chi connectivity index (χ3v) is 4.97. The lowest BCUT2D eigenvalue weighted by atomic mass is 9.95. The van der Waals surface area contributed by atoms with E-state index in [1.807, 2.05) is 0 Å². The van der Waals surface area contributed by atoms with Crippen LogP contribution in [0.4, 0.5) is 0 Å². The Kier molecular flexibility index (Phi) is 9.13. The van der Waals surface area contributed by atoms with Gasteiger partial charge in [0.15, 0.2) is 11.5 Å². The smallest absolute Gasteiger partial charge is 0.161 e. The average molecular weight is 404 g/mol. The van der Waals surface area contributed by atoms with Gasteiger partial charge in [0.2, 0.25) is 0 Å². The number of phenols is 2. The van der Waals surface area contributed by atoms with Crippen molar-refractivity contribution in [2.75, 3.05) is 0 Å². The largest absolute Gasteiger partial charge is 0.504 e. The van der Waals surface area contributed by atoms with Crippen LogP contribution < -0.4 is 0 Å². The normalized spacial score (nSPS) is 11.0. The van der Waals surface area contributed by atoms with Gasteiger partial charge in [0.25, 0.3) is 0 Å². The molecule has 0 atom stereocenters. The fourth-order valence-electron chi connectivity index (χ4n) is 2.71. The summed E-state index contributed by atoms with van der Waals surface area (Å²) >= 11 is 2.29. The first-order chi connectivity index (χ1) is 10.1. The monoisotopic (exact) mass is 404 g/mol. The minimum absolute atomic E-state index is 0.0298. The predicted molar refractivity (Wildman–Crippen MR) is 98.2 cm³/mol. The van der Waals surface area contributed by atoms with Gasteiger partial charge in [0.05, 0.1) is 0 Å². The second-order valence-corrected chi connectivity index (χ2v) is 6.97. The Morgan fingerprint density at radius 1 is 0.810 bits per heavy atom. The first kappa shape index (κ1) is 18.6. The van der Waals surface area contributed by atoms with Crippen LogP contribution in [0.1, 0.15) is 76.3 Å². The van der Waals surface area contributed by atoms with E-state index in [1.165, 1.54) is 44.1 Å². The van der Waals surface area contributed by atoms with E-state index in [1.54, 1.807) is 6.07 Å². The van der Waals surface area contributed by atoms with Gasteiger partial charge in [-0.2, -0.15) is 0 Å². The molecule has 0 aliphatic rings. The van der Waals surface area contributed by atoms with Gasteiger partial charge in [-0.05, 0) is 59.9 Å². The fraction of sp³-hybridized carbons (Fsp3) is 0.667.